The number of aromatic nitrogens is 4. The van der Waals surface area contributed by atoms with Crippen LogP contribution in [0.2, 0.25) is 0 Å². The molecule has 1 unspecified atom stereocenters. The molecule has 0 saturated carbocycles. The molecular formula is C11H13N5O2. The van der Waals surface area contributed by atoms with Crippen LogP contribution in [-0.2, 0) is 7.05 Å². The van der Waals surface area contributed by atoms with Gasteiger partial charge in [-0.2, -0.15) is 0 Å². The Kier molecular flexibility index (Phi) is 3.22. The van der Waals surface area contributed by atoms with Crippen LogP contribution >= 0.6 is 0 Å². The van der Waals surface area contributed by atoms with Crippen LogP contribution in [0.25, 0.3) is 0 Å². The standard InChI is InChI=1S/C11H13N5O2/c1-7(10-15-13-6-16(10)2)14-8-3-4-12-9(5-8)11(17)18/h3-7H,1-2H3,(H,12,14)(H,17,18). The van der Waals surface area contributed by atoms with Crippen molar-refractivity contribution in [1.82, 2.24) is 19.7 Å². The highest BCUT2D eigenvalue weighted by Gasteiger charge is 2.12. The number of carboxylic acids is 1. The van der Waals surface area contributed by atoms with E-state index in [4.69, 9.17) is 5.11 Å². The number of hydrogen-bond acceptors (Lipinski definition) is 5. The lowest BCUT2D eigenvalue weighted by Crippen LogP contribution is -2.12. The molecule has 0 spiro atoms. The normalized spacial score (nSPS) is 12.1. The SMILES string of the molecule is CC(Nc1ccnc(C(=O)O)c1)c1nncn1C. The number of pyridine rings is 1. The number of carbonyl (C=O) groups is 1. The Morgan fingerprint density at radius 2 is 2.33 bits per heavy atom. The van der Waals surface area contributed by atoms with Gasteiger partial charge in [0.2, 0.25) is 0 Å². The fourth-order valence-electron chi connectivity index (χ4n) is 1.64. The lowest BCUT2D eigenvalue weighted by atomic mass is 10.2. The minimum absolute atomic E-state index is 0.00478. The quantitative estimate of drug-likeness (QED) is 0.839. The summed E-state index contributed by atoms with van der Waals surface area (Å²) in [6, 6.07) is 3.11. The first-order chi connectivity index (χ1) is 8.58. The Labute approximate surface area is 104 Å². The van der Waals surface area contributed by atoms with Gasteiger partial charge in [-0.3, -0.25) is 0 Å². The summed E-state index contributed by atoms with van der Waals surface area (Å²) in [4.78, 5) is 14.6. The molecular weight excluding hydrogens is 234 g/mol. The van der Waals surface area contributed by atoms with Crippen molar-refractivity contribution in [3.8, 4) is 0 Å². The molecule has 2 N–H and O–H groups in total. The summed E-state index contributed by atoms with van der Waals surface area (Å²) in [5, 5.41) is 19.8. The zero-order valence-electron chi connectivity index (χ0n) is 10.0. The molecule has 1 atom stereocenters. The number of hydrogen-bond donors (Lipinski definition) is 2. The average Bonchev–Trinajstić information content (AvgIpc) is 2.76. The van der Waals surface area contributed by atoms with Gasteiger partial charge < -0.3 is 15.0 Å². The summed E-state index contributed by atoms with van der Waals surface area (Å²) in [7, 11) is 1.85. The highest BCUT2D eigenvalue weighted by molar-refractivity contribution is 5.86. The highest BCUT2D eigenvalue weighted by Crippen LogP contribution is 2.17. The van der Waals surface area contributed by atoms with Crippen LogP contribution in [0.3, 0.4) is 0 Å². The zero-order valence-corrected chi connectivity index (χ0v) is 10.0. The number of nitrogens with one attached hydrogen (secondary N) is 1. The predicted molar refractivity (Wildman–Crippen MR) is 64.2 cm³/mol. The molecule has 0 bridgehead atoms. The number of nitrogens with zero attached hydrogens (tertiary/aromatic N) is 4. The zero-order chi connectivity index (χ0) is 13.1. The lowest BCUT2D eigenvalue weighted by Gasteiger charge is -2.14. The van der Waals surface area contributed by atoms with Gasteiger partial charge in [0, 0.05) is 18.9 Å². The maximum Gasteiger partial charge on any atom is 0.354 e. The van der Waals surface area contributed by atoms with Crippen LogP contribution < -0.4 is 5.32 Å². The van der Waals surface area contributed by atoms with E-state index in [0.717, 1.165) is 5.82 Å². The molecule has 2 heterocycles. The van der Waals surface area contributed by atoms with Crippen LogP contribution in [-0.4, -0.2) is 30.8 Å². The molecule has 7 nitrogen and oxygen atoms in total. The van der Waals surface area contributed by atoms with Crippen LogP contribution in [0.15, 0.2) is 24.7 Å². The molecule has 94 valence electrons. The molecule has 0 aliphatic carbocycles. The maximum atomic E-state index is 10.8. The largest absolute Gasteiger partial charge is 0.477 e. The van der Waals surface area contributed by atoms with Crippen molar-refractivity contribution in [2.75, 3.05) is 5.32 Å². The minimum atomic E-state index is -1.05. The van der Waals surface area contributed by atoms with Gasteiger partial charge in [-0.15, -0.1) is 10.2 Å². The summed E-state index contributed by atoms with van der Waals surface area (Å²) in [5.41, 5.74) is 0.683. The number of rotatable bonds is 4. The fraction of sp³-hybridized carbons (Fsp3) is 0.273. The van der Waals surface area contributed by atoms with Crippen molar-refractivity contribution < 1.29 is 9.90 Å². The van der Waals surface area contributed by atoms with E-state index in [1.807, 2.05) is 14.0 Å². The third-order valence-corrected chi connectivity index (χ3v) is 2.50. The van der Waals surface area contributed by atoms with Gasteiger partial charge in [0.05, 0.1) is 6.04 Å². The van der Waals surface area contributed by atoms with Gasteiger partial charge in [-0.1, -0.05) is 0 Å². The van der Waals surface area contributed by atoms with E-state index in [1.54, 1.807) is 17.0 Å². The number of aryl methyl sites for hydroxylation is 1. The van der Waals surface area contributed by atoms with E-state index in [-0.39, 0.29) is 11.7 Å². The second-order valence-corrected chi connectivity index (χ2v) is 3.90. The molecule has 0 fully saturated rings. The molecule has 0 saturated heterocycles. The van der Waals surface area contributed by atoms with Crippen LogP contribution in [0.4, 0.5) is 5.69 Å². The first kappa shape index (κ1) is 12.0. The molecule has 0 radical (unpaired) electrons. The van der Waals surface area contributed by atoms with E-state index < -0.39 is 5.97 Å². The van der Waals surface area contributed by atoms with E-state index in [0.29, 0.717) is 5.69 Å². The van der Waals surface area contributed by atoms with Gasteiger partial charge in [0.1, 0.15) is 12.0 Å². The Morgan fingerprint density at radius 3 is 2.94 bits per heavy atom. The second-order valence-electron chi connectivity index (χ2n) is 3.90. The summed E-state index contributed by atoms with van der Waals surface area (Å²) in [6.45, 7) is 1.92. The topological polar surface area (TPSA) is 92.9 Å². The van der Waals surface area contributed by atoms with Crippen LogP contribution in [0.1, 0.15) is 29.3 Å². The number of aromatic carboxylic acids is 1. The van der Waals surface area contributed by atoms with E-state index in [1.165, 1.54) is 12.3 Å². The second kappa shape index (κ2) is 4.82. The molecule has 2 aromatic rings. The predicted octanol–water partition coefficient (Wildman–Crippen LogP) is 1.08. The molecule has 0 aliphatic rings. The summed E-state index contributed by atoms with van der Waals surface area (Å²) < 4.78 is 1.80. The highest BCUT2D eigenvalue weighted by atomic mass is 16.4. The van der Waals surface area contributed by atoms with Crippen molar-refractivity contribution >= 4 is 11.7 Å². The van der Waals surface area contributed by atoms with Crippen molar-refractivity contribution in [2.45, 2.75) is 13.0 Å². The third kappa shape index (κ3) is 2.45. The van der Waals surface area contributed by atoms with Crippen molar-refractivity contribution in [2.24, 2.45) is 7.05 Å². The first-order valence-corrected chi connectivity index (χ1v) is 5.37. The molecule has 0 aliphatic heterocycles. The van der Waals surface area contributed by atoms with Gasteiger partial charge in [0.25, 0.3) is 0 Å². The van der Waals surface area contributed by atoms with Gasteiger partial charge >= 0.3 is 5.97 Å². The average molecular weight is 247 g/mol. The Bertz CT molecular complexity index is 566. The van der Waals surface area contributed by atoms with Gasteiger partial charge in [0.15, 0.2) is 5.82 Å². The molecule has 7 heteroatoms. The molecule has 2 aromatic heterocycles. The Balaban J connectivity index is 2.17. The van der Waals surface area contributed by atoms with Crippen molar-refractivity contribution in [1.29, 1.82) is 0 Å². The number of carboxylic acid groups (broad SMARTS) is 1. The van der Waals surface area contributed by atoms with Gasteiger partial charge in [-0.25, -0.2) is 9.78 Å². The number of anilines is 1. The fourth-order valence-corrected chi connectivity index (χ4v) is 1.64. The van der Waals surface area contributed by atoms with Gasteiger partial charge in [-0.05, 0) is 19.1 Å². The van der Waals surface area contributed by atoms with Crippen molar-refractivity contribution in [3.63, 3.8) is 0 Å². The Hall–Kier alpha value is -2.44. The van der Waals surface area contributed by atoms with E-state index >= 15 is 0 Å². The summed E-state index contributed by atoms with van der Waals surface area (Å²) in [5.74, 6) is -0.284. The van der Waals surface area contributed by atoms with E-state index in [9.17, 15) is 4.79 Å². The molecule has 0 aromatic carbocycles. The smallest absolute Gasteiger partial charge is 0.354 e. The molecule has 2 rings (SSSR count). The molecule has 18 heavy (non-hydrogen) atoms. The van der Waals surface area contributed by atoms with E-state index in [2.05, 4.69) is 20.5 Å². The maximum absolute atomic E-state index is 10.8. The molecule has 0 amide bonds. The minimum Gasteiger partial charge on any atom is -0.477 e. The Morgan fingerprint density at radius 1 is 1.56 bits per heavy atom. The summed E-state index contributed by atoms with van der Waals surface area (Å²) >= 11 is 0. The third-order valence-electron chi connectivity index (χ3n) is 2.50. The first-order valence-electron chi connectivity index (χ1n) is 5.37. The van der Waals surface area contributed by atoms with Crippen LogP contribution in [0, 0.1) is 0 Å². The monoisotopic (exact) mass is 247 g/mol. The van der Waals surface area contributed by atoms with Crippen molar-refractivity contribution in [3.05, 3.63) is 36.2 Å². The summed E-state index contributed by atoms with van der Waals surface area (Å²) in [6.07, 6.45) is 3.07. The lowest BCUT2D eigenvalue weighted by molar-refractivity contribution is 0.0690. The van der Waals surface area contributed by atoms with Crippen LogP contribution in [0.5, 0.6) is 0 Å².